The molecular weight excluding hydrogens is 262 g/mol. The molecule has 114 valence electrons. The molecule has 0 aromatic carbocycles. The molecule has 0 aromatic rings. The molecule has 0 spiro atoms. The third-order valence-electron chi connectivity index (χ3n) is 3.81. The van der Waals surface area contributed by atoms with E-state index in [9.17, 15) is 14.4 Å². The first kappa shape index (κ1) is 16.4. The molecular formula is C13H23N3O4. The number of nitrogens with zero attached hydrogens (tertiary/aromatic N) is 2. The molecule has 3 atom stereocenters. The first-order chi connectivity index (χ1) is 9.23. The smallest absolute Gasteiger partial charge is 0.323 e. The summed E-state index contributed by atoms with van der Waals surface area (Å²) in [7, 11) is 0. The van der Waals surface area contributed by atoms with Gasteiger partial charge in [-0.1, -0.05) is 0 Å². The number of primary amides is 1. The molecule has 0 aromatic heterocycles. The third-order valence-corrected chi connectivity index (χ3v) is 3.81. The zero-order chi connectivity index (χ0) is 15.4. The van der Waals surface area contributed by atoms with Gasteiger partial charge in [0.05, 0.1) is 12.6 Å². The Kier molecular flexibility index (Phi) is 5.50. The van der Waals surface area contributed by atoms with Crippen LogP contribution in [-0.2, 0) is 14.4 Å². The molecule has 2 amide bonds. The number of carboxylic acid groups (broad SMARTS) is 1. The Bertz CT molecular complexity index is 373. The van der Waals surface area contributed by atoms with Crippen LogP contribution in [0.5, 0.6) is 0 Å². The lowest BCUT2D eigenvalue weighted by Crippen LogP contribution is -2.53. The molecule has 20 heavy (non-hydrogen) atoms. The summed E-state index contributed by atoms with van der Waals surface area (Å²) in [4.78, 5) is 37.3. The fourth-order valence-corrected chi connectivity index (χ4v) is 2.93. The van der Waals surface area contributed by atoms with Crippen molar-refractivity contribution in [1.82, 2.24) is 9.80 Å². The van der Waals surface area contributed by atoms with Gasteiger partial charge in [0.25, 0.3) is 0 Å². The molecule has 7 nitrogen and oxygen atoms in total. The average Bonchev–Trinajstić information content (AvgIpc) is 2.65. The van der Waals surface area contributed by atoms with Gasteiger partial charge in [0.2, 0.25) is 11.8 Å². The van der Waals surface area contributed by atoms with Gasteiger partial charge in [0, 0.05) is 12.1 Å². The fourth-order valence-electron chi connectivity index (χ4n) is 2.93. The van der Waals surface area contributed by atoms with E-state index >= 15 is 0 Å². The van der Waals surface area contributed by atoms with E-state index in [0.29, 0.717) is 0 Å². The maximum absolute atomic E-state index is 12.4. The van der Waals surface area contributed by atoms with E-state index in [1.165, 1.54) is 0 Å². The van der Waals surface area contributed by atoms with Crippen molar-refractivity contribution in [2.24, 2.45) is 5.73 Å². The van der Waals surface area contributed by atoms with E-state index in [-0.39, 0.29) is 24.5 Å². The molecule has 1 aliphatic heterocycles. The number of carbonyl (C=O) groups is 3. The van der Waals surface area contributed by atoms with Gasteiger partial charge in [-0.15, -0.1) is 0 Å². The predicted molar refractivity (Wildman–Crippen MR) is 72.9 cm³/mol. The third kappa shape index (κ3) is 3.93. The molecule has 3 unspecified atom stereocenters. The van der Waals surface area contributed by atoms with Crippen molar-refractivity contribution in [1.29, 1.82) is 0 Å². The van der Waals surface area contributed by atoms with E-state index in [4.69, 9.17) is 10.8 Å². The first-order valence-electron chi connectivity index (χ1n) is 6.80. The number of carboxylic acids is 1. The van der Waals surface area contributed by atoms with Crippen LogP contribution in [0.4, 0.5) is 0 Å². The highest BCUT2D eigenvalue weighted by Crippen LogP contribution is 2.26. The molecule has 0 bridgehead atoms. The molecule has 1 rings (SSSR count). The zero-order valence-electron chi connectivity index (χ0n) is 12.2. The summed E-state index contributed by atoms with van der Waals surface area (Å²) >= 11 is 0. The summed E-state index contributed by atoms with van der Waals surface area (Å²) in [6, 6.07) is 0.0783. The summed E-state index contributed by atoms with van der Waals surface area (Å²) in [5, 5.41) is 8.84. The number of nitrogens with two attached hydrogens (primary N) is 1. The minimum absolute atomic E-state index is 0.268. The van der Waals surface area contributed by atoms with Gasteiger partial charge in [-0.05, 0) is 33.6 Å². The van der Waals surface area contributed by atoms with E-state index < -0.39 is 24.5 Å². The van der Waals surface area contributed by atoms with Crippen molar-refractivity contribution in [3.63, 3.8) is 0 Å². The lowest BCUT2D eigenvalue weighted by molar-refractivity contribution is -0.148. The molecule has 1 fully saturated rings. The van der Waals surface area contributed by atoms with Crippen LogP contribution in [0.15, 0.2) is 0 Å². The Labute approximate surface area is 118 Å². The van der Waals surface area contributed by atoms with Gasteiger partial charge in [-0.2, -0.15) is 0 Å². The maximum atomic E-state index is 12.4. The number of amides is 2. The summed E-state index contributed by atoms with van der Waals surface area (Å²) < 4.78 is 0. The molecule has 0 aliphatic carbocycles. The van der Waals surface area contributed by atoms with Crippen LogP contribution in [0.2, 0.25) is 0 Å². The Hall–Kier alpha value is -1.63. The number of aliphatic carboxylic acids is 1. The van der Waals surface area contributed by atoms with Gasteiger partial charge in [-0.3, -0.25) is 19.3 Å². The Morgan fingerprint density at radius 1 is 1.25 bits per heavy atom. The van der Waals surface area contributed by atoms with Gasteiger partial charge >= 0.3 is 5.97 Å². The van der Waals surface area contributed by atoms with Crippen LogP contribution in [0.1, 0.15) is 33.6 Å². The van der Waals surface area contributed by atoms with Crippen molar-refractivity contribution in [3.8, 4) is 0 Å². The lowest BCUT2D eigenvalue weighted by Gasteiger charge is -2.34. The van der Waals surface area contributed by atoms with Crippen LogP contribution in [0.25, 0.3) is 0 Å². The predicted octanol–water partition coefficient (Wildman–Crippen LogP) is -0.354. The normalized spacial score (nSPS) is 24.4. The van der Waals surface area contributed by atoms with Crippen molar-refractivity contribution in [2.75, 3.05) is 13.1 Å². The molecule has 1 aliphatic rings. The Morgan fingerprint density at radius 3 is 2.15 bits per heavy atom. The highest BCUT2D eigenvalue weighted by atomic mass is 16.4. The molecule has 7 heteroatoms. The van der Waals surface area contributed by atoms with Crippen LogP contribution >= 0.6 is 0 Å². The van der Waals surface area contributed by atoms with E-state index in [1.54, 1.807) is 6.92 Å². The SMILES string of the molecule is CC1CCC(C)N1C(C)C(=O)N(CC(N)=O)CC(=O)O. The second-order valence-corrected chi connectivity index (χ2v) is 5.45. The van der Waals surface area contributed by atoms with Crippen LogP contribution < -0.4 is 5.73 Å². The van der Waals surface area contributed by atoms with Gasteiger partial charge in [0.1, 0.15) is 6.54 Å². The van der Waals surface area contributed by atoms with Gasteiger partial charge < -0.3 is 15.7 Å². The average molecular weight is 285 g/mol. The van der Waals surface area contributed by atoms with Crippen LogP contribution in [0, 0.1) is 0 Å². The summed E-state index contributed by atoms with van der Waals surface area (Å²) in [5.41, 5.74) is 5.08. The monoisotopic (exact) mass is 285 g/mol. The molecule has 1 saturated heterocycles. The van der Waals surface area contributed by atoms with E-state index in [2.05, 4.69) is 4.90 Å². The number of carbonyl (C=O) groups excluding carboxylic acids is 2. The van der Waals surface area contributed by atoms with E-state index in [0.717, 1.165) is 17.7 Å². The number of likely N-dealkylation sites (tertiary alicyclic amines) is 1. The lowest BCUT2D eigenvalue weighted by atomic mass is 10.2. The number of hydrogen-bond donors (Lipinski definition) is 2. The van der Waals surface area contributed by atoms with Crippen molar-refractivity contribution < 1.29 is 19.5 Å². The largest absolute Gasteiger partial charge is 0.480 e. The second kappa shape index (κ2) is 6.69. The Balaban J connectivity index is 2.81. The standard InChI is InChI=1S/C13H23N3O4/c1-8-4-5-9(2)16(8)10(3)13(20)15(6-11(14)17)7-12(18)19/h8-10H,4-7H2,1-3H3,(H2,14,17)(H,18,19). The minimum Gasteiger partial charge on any atom is -0.480 e. The number of hydrogen-bond acceptors (Lipinski definition) is 4. The van der Waals surface area contributed by atoms with Gasteiger partial charge in [0.15, 0.2) is 0 Å². The van der Waals surface area contributed by atoms with Crippen molar-refractivity contribution in [3.05, 3.63) is 0 Å². The van der Waals surface area contributed by atoms with Crippen LogP contribution in [0.3, 0.4) is 0 Å². The fraction of sp³-hybridized carbons (Fsp3) is 0.769. The quantitative estimate of drug-likeness (QED) is 0.694. The minimum atomic E-state index is -1.16. The Morgan fingerprint density at radius 2 is 1.75 bits per heavy atom. The van der Waals surface area contributed by atoms with Gasteiger partial charge in [-0.25, -0.2) is 0 Å². The summed E-state index contributed by atoms with van der Waals surface area (Å²) in [5.74, 6) is -2.24. The number of rotatable bonds is 6. The van der Waals surface area contributed by atoms with E-state index in [1.807, 2.05) is 13.8 Å². The molecule has 3 N–H and O–H groups in total. The summed E-state index contributed by atoms with van der Waals surface area (Å²) in [6.07, 6.45) is 2.01. The first-order valence-corrected chi connectivity index (χ1v) is 6.80. The highest BCUT2D eigenvalue weighted by Gasteiger charge is 2.36. The maximum Gasteiger partial charge on any atom is 0.323 e. The molecule has 0 saturated carbocycles. The molecule has 1 heterocycles. The second-order valence-electron chi connectivity index (χ2n) is 5.45. The van der Waals surface area contributed by atoms with Crippen molar-refractivity contribution >= 4 is 17.8 Å². The zero-order valence-corrected chi connectivity index (χ0v) is 12.2. The molecule has 0 radical (unpaired) electrons. The summed E-state index contributed by atoms with van der Waals surface area (Å²) in [6.45, 7) is 4.96. The van der Waals surface area contributed by atoms with Crippen molar-refractivity contribution in [2.45, 2.75) is 51.7 Å². The topological polar surface area (TPSA) is 104 Å². The van der Waals surface area contributed by atoms with Crippen LogP contribution in [-0.4, -0.2) is 63.9 Å². The highest BCUT2D eigenvalue weighted by molar-refractivity contribution is 5.89.